The molecule has 4 nitrogen and oxygen atoms in total. The van der Waals surface area contributed by atoms with Crippen LogP contribution in [-0.4, -0.2) is 20.1 Å². The normalized spacial score (nSPS) is 11.5. The van der Waals surface area contributed by atoms with Gasteiger partial charge in [-0.2, -0.15) is 8.78 Å². The van der Waals surface area contributed by atoms with Gasteiger partial charge in [0.15, 0.2) is 0 Å². The Morgan fingerprint density at radius 2 is 1.70 bits per heavy atom. The van der Waals surface area contributed by atoms with Crippen LogP contribution in [0.4, 0.5) is 18.9 Å². The van der Waals surface area contributed by atoms with E-state index in [4.69, 9.17) is 11.6 Å². The third-order valence-electron chi connectivity index (χ3n) is 2.86. The van der Waals surface area contributed by atoms with E-state index >= 15 is 0 Å². The average Bonchev–Trinajstić information content (AvgIpc) is 2.50. The molecule has 2 aromatic carbocycles. The molecular formula is C14H9ClF3NO3S. The van der Waals surface area contributed by atoms with E-state index in [1.807, 2.05) is 0 Å². The van der Waals surface area contributed by atoms with Crippen molar-refractivity contribution in [2.45, 2.75) is 10.7 Å². The molecule has 0 bridgehead atoms. The van der Waals surface area contributed by atoms with Crippen LogP contribution in [0.1, 0.15) is 10.4 Å². The summed E-state index contributed by atoms with van der Waals surface area (Å²) < 4.78 is 60.3. The predicted molar refractivity (Wildman–Crippen MR) is 79.0 cm³/mol. The van der Waals surface area contributed by atoms with E-state index in [1.54, 1.807) is 0 Å². The molecule has 0 unspecified atom stereocenters. The van der Waals surface area contributed by atoms with Crippen molar-refractivity contribution in [3.8, 4) is 0 Å². The second-order valence-electron chi connectivity index (χ2n) is 4.41. The molecule has 2 rings (SSSR count). The minimum absolute atomic E-state index is 0.0183. The zero-order chi connectivity index (χ0) is 17.2. The molecule has 0 heterocycles. The Morgan fingerprint density at radius 3 is 2.22 bits per heavy atom. The Bertz CT molecular complexity index is 839. The highest BCUT2D eigenvalue weighted by Crippen LogP contribution is 2.23. The molecule has 1 amide bonds. The standard InChI is InChI=1S/C14H9ClF3NO3S/c15-11-7-9(16)3-6-12(11)19-13(20)8-1-4-10(5-2-8)23(21,22)14(17)18/h1-7,14H,(H,19,20). The fraction of sp³-hybridized carbons (Fsp3) is 0.0714. The summed E-state index contributed by atoms with van der Waals surface area (Å²) in [7, 11) is -4.72. The third-order valence-corrected chi connectivity index (χ3v) is 4.57. The van der Waals surface area contributed by atoms with Crippen LogP contribution in [0.3, 0.4) is 0 Å². The Morgan fingerprint density at radius 1 is 1.09 bits per heavy atom. The van der Waals surface area contributed by atoms with Crippen LogP contribution in [-0.2, 0) is 9.84 Å². The molecule has 0 saturated heterocycles. The van der Waals surface area contributed by atoms with Crippen molar-refractivity contribution >= 4 is 33.0 Å². The van der Waals surface area contributed by atoms with Gasteiger partial charge < -0.3 is 5.32 Å². The van der Waals surface area contributed by atoms with Gasteiger partial charge in [0.2, 0.25) is 9.84 Å². The van der Waals surface area contributed by atoms with Gasteiger partial charge in [-0.25, -0.2) is 12.8 Å². The van der Waals surface area contributed by atoms with Crippen molar-refractivity contribution < 1.29 is 26.4 Å². The maximum Gasteiger partial charge on any atom is 0.341 e. The first kappa shape index (κ1) is 17.3. The molecule has 0 fully saturated rings. The van der Waals surface area contributed by atoms with E-state index < -0.39 is 32.2 Å². The number of sulfone groups is 1. The summed E-state index contributed by atoms with van der Waals surface area (Å²) in [6, 6.07) is 7.34. The molecule has 122 valence electrons. The van der Waals surface area contributed by atoms with Gasteiger partial charge in [0.05, 0.1) is 15.6 Å². The highest BCUT2D eigenvalue weighted by Gasteiger charge is 2.26. The number of amides is 1. The maximum absolute atomic E-state index is 12.9. The fourth-order valence-electron chi connectivity index (χ4n) is 1.68. The van der Waals surface area contributed by atoms with E-state index in [9.17, 15) is 26.4 Å². The number of carbonyl (C=O) groups excluding carboxylic acids is 1. The molecule has 0 aliphatic rings. The Kier molecular flexibility index (Phi) is 4.96. The quantitative estimate of drug-likeness (QED) is 0.900. The minimum Gasteiger partial charge on any atom is -0.321 e. The zero-order valence-electron chi connectivity index (χ0n) is 11.3. The van der Waals surface area contributed by atoms with E-state index in [-0.39, 0.29) is 16.3 Å². The van der Waals surface area contributed by atoms with Crippen LogP contribution in [0.5, 0.6) is 0 Å². The predicted octanol–water partition coefficient (Wildman–Crippen LogP) is 3.73. The lowest BCUT2D eigenvalue weighted by atomic mass is 10.2. The molecule has 0 saturated carbocycles. The van der Waals surface area contributed by atoms with Gasteiger partial charge in [-0.1, -0.05) is 11.6 Å². The topological polar surface area (TPSA) is 63.2 Å². The summed E-state index contributed by atoms with van der Waals surface area (Å²) >= 11 is 5.76. The number of carbonyl (C=O) groups is 1. The van der Waals surface area contributed by atoms with Crippen molar-refractivity contribution in [1.29, 1.82) is 0 Å². The molecule has 0 spiro atoms. The summed E-state index contributed by atoms with van der Waals surface area (Å²) in [5.74, 6) is -4.77. The molecule has 0 aliphatic heterocycles. The SMILES string of the molecule is O=C(Nc1ccc(F)cc1Cl)c1ccc(S(=O)(=O)C(F)F)cc1. The van der Waals surface area contributed by atoms with Crippen molar-refractivity contribution in [2.24, 2.45) is 0 Å². The summed E-state index contributed by atoms with van der Waals surface area (Å²) in [6.45, 7) is 0. The zero-order valence-corrected chi connectivity index (χ0v) is 12.8. The van der Waals surface area contributed by atoms with Gasteiger partial charge in [0, 0.05) is 5.56 Å². The molecule has 0 radical (unpaired) electrons. The van der Waals surface area contributed by atoms with Crippen LogP contribution in [0.2, 0.25) is 5.02 Å². The van der Waals surface area contributed by atoms with Crippen LogP contribution in [0.25, 0.3) is 0 Å². The van der Waals surface area contributed by atoms with Gasteiger partial charge in [-0.05, 0) is 42.5 Å². The number of hydrogen-bond acceptors (Lipinski definition) is 3. The maximum atomic E-state index is 12.9. The number of alkyl halides is 2. The molecule has 1 N–H and O–H groups in total. The molecule has 23 heavy (non-hydrogen) atoms. The van der Waals surface area contributed by atoms with Gasteiger partial charge in [0.25, 0.3) is 5.91 Å². The first-order valence-electron chi connectivity index (χ1n) is 6.10. The highest BCUT2D eigenvalue weighted by atomic mass is 35.5. The van der Waals surface area contributed by atoms with Gasteiger partial charge >= 0.3 is 5.76 Å². The number of anilines is 1. The summed E-state index contributed by atoms with van der Waals surface area (Å²) in [5.41, 5.74) is 0.181. The number of hydrogen-bond donors (Lipinski definition) is 1. The smallest absolute Gasteiger partial charge is 0.321 e. The minimum atomic E-state index is -4.72. The average molecular weight is 364 g/mol. The largest absolute Gasteiger partial charge is 0.341 e. The van der Waals surface area contributed by atoms with E-state index in [0.29, 0.717) is 0 Å². The molecular weight excluding hydrogens is 355 g/mol. The van der Waals surface area contributed by atoms with Crippen LogP contribution in [0.15, 0.2) is 47.4 Å². The first-order valence-corrected chi connectivity index (χ1v) is 8.03. The second-order valence-corrected chi connectivity index (χ2v) is 6.73. The lowest BCUT2D eigenvalue weighted by Crippen LogP contribution is -2.14. The van der Waals surface area contributed by atoms with Gasteiger partial charge in [-0.3, -0.25) is 4.79 Å². The number of nitrogens with one attached hydrogen (secondary N) is 1. The van der Waals surface area contributed by atoms with Crippen LogP contribution >= 0.6 is 11.6 Å². The van der Waals surface area contributed by atoms with Gasteiger partial charge in [0.1, 0.15) is 5.82 Å². The van der Waals surface area contributed by atoms with Crippen molar-refractivity contribution in [1.82, 2.24) is 0 Å². The summed E-state index contributed by atoms with van der Waals surface area (Å²) in [4.78, 5) is 11.4. The second kappa shape index (κ2) is 6.59. The lowest BCUT2D eigenvalue weighted by molar-refractivity contribution is 0.102. The van der Waals surface area contributed by atoms with Crippen molar-refractivity contribution in [3.05, 3.63) is 58.9 Å². The Balaban J connectivity index is 2.21. The van der Waals surface area contributed by atoms with Gasteiger partial charge in [-0.15, -0.1) is 0 Å². The lowest BCUT2D eigenvalue weighted by Gasteiger charge is -2.08. The van der Waals surface area contributed by atoms with Crippen LogP contribution < -0.4 is 5.32 Å². The highest BCUT2D eigenvalue weighted by molar-refractivity contribution is 7.91. The molecule has 9 heteroatoms. The number of halogens is 4. The number of benzene rings is 2. The molecule has 0 aliphatic carbocycles. The van der Waals surface area contributed by atoms with E-state index in [1.165, 1.54) is 6.07 Å². The Labute approximate surface area is 134 Å². The molecule has 2 aromatic rings. The molecule has 0 aromatic heterocycles. The molecule has 0 atom stereocenters. The fourth-order valence-corrected chi connectivity index (χ4v) is 2.62. The first-order chi connectivity index (χ1) is 10.7. The summed E-state index contributed by atoms with van der Waals surface area (Å²) in [5, 5.41) is 2.38. The Hall–Kier alpha value is -2.06. The third kappa shape index (κ3) is 3.83. The van der Waals surface area contributed by atoms with E-state index in [2.05, 4.69) is 5.32 Å². The van der Waals surface area contributed by atoms with E-state index in [0.717, 1.165) is 36.4 Å². The monoisotopic (exact) mass is 363 g/mol. The number of rotatable bonds is 4. The van der Waals surface area contributed by atoms with Crippen LogP contribution in [0, 0.1) is 5.82 Å². The summed E-state index contributed by atoms with van der Waals surface area (Å²) in [6.07, 6.45) is 0. The van der Waals surface area contributed by atoms with Crippen molar-refractivity contribution in [2.75, 3.05) is 5.32 Å². The van der Waals surface area contributed by atoms with Crippen molar-refractivity contribution in [3.63, 3.8) is 0 Å².